The number of halogens is 1. The number of carbonyl (C=O) groups is 1. The Labute approximate surface area is 92.0 Å². The van der Waals surface area contributed by atoms with Gasteiger partial charge in [-0.1, -0.05) is 6.07 Å². The van der Waals surface area contributed by atoms with Crippen LogP contribution in [0.15, 0.2) is 42.9 Å². The van der Waals surface area contributed by atoms with Gasteiger partial charge in [-0.05, 0) is 23.8 Å². The Kier molecular flexibility index (Phi) is 3.00. The SMILES string of the molecule is O=C(Cc1ccncc1F)c1ccccn1. The van der Waals surface area contributed by atoms with E-state index in [9.17, 15) is 9.18 Å². The summed E-state index contributed by atoms with van der Waals surface area (Å²) in [6.45, 7) is 0. The molecule has 0 fully saturated rings. The van der Waals surface area contributed by atoms with E-state index in [4.69, 9.17) is 0 Å². The van der Waals surface area contributed by atoms with E-state index in [2.05, 4.69) is 9.97 Å². The summed E-state index contributed by atoms with van der Waals surface area (Å²) in [4.78, 5) is 19.3. The second kappa shape index (κ2) is 4.61. The molecule has 0 saturated heterocycles. The first-order valence-corrected chi connectivity index (χ1v) is 4.80. The van der Waals surface area contributed by atoms with Crippen LogP contribution in [0.4, 0.5) is 4.39 Å². The maximum Gasteiger partial charge on any atom is 0.185 e. The minimum Gasteiger partial charge on any atom is -0.292 e. The number of hydrogen-bond donors (Lipinski definition) is 0. The maximum atomic E-state index is 13.2. The average Bonchev–Trinajstić information content (AvgIpc) is 2.33. The summed E-state index contributed by atoms with van der Waals surface area (Å²) in [7, 11) is 0. The van der Waals surface area contributed by atoms with Gasteiger partial charge in [-0.2, -0.15) is 0 Å². The number of hydrogen-bond acceptors (Lipinski definition) is 3. The van der Waals surface area contributed by atoms with Gasteiger partial charge in [0.2, 0.25) is 0 Å². The fourth-order valence-electron chi connectivity index (χ4n) is 1.34. The molecule has 0 aliphatic carbocycles. The van der Waals surface area contributed by atoms with Crippen molar-refractivity contribution in [3.8, 4) is 0 Å². The molecule has 0 saturated carbocycles. The highest BCUT2D eigenvalue weighted by Gasteiger charge is 2.10. The van der Waals surface area contributed by atoms with Crippen molar-refractivity contribution in [2.75, 3.05) is 0 Å². The molecule has 0 N–H and O–H groups in total. The molecule has 0 aliphatic heterocycles. The third-order valence-electron chi connectivity index (χ3n) is 2.16. The number of rotatable bonds is 3. The molecule has 0 spiro atoms. The minimum absolute atomic E-state index is 0.00532. The van der Waals surface area contributed by atoms with Gasteiger partial charge >= 0.3 is 0 Å². The third kappa shape index (κ3) is 2.28. The molecular formula is C12H9FN2O. The highest BCUT2D eigenvalue weighted by Crippen LogP contribution is 2.08. The van der Waals surface area contributed by atoms with Crippen molar-refractivity contribution in [2.24, 2.45) is 0 Å². The van der Waals surface area contributed by atoms with Crippen LogP contribution in [-0.2, 0) is 6.42 Å². The van der Waals surface area contributed by atoms with E-state index in [1.165, 1.54) is 18.5 Å². The minimum atomic E-state index is -0.466. The van der Waals surface area contributed by atoms with Crippen molar-refractivity contribution in [1.82, 2.24) is 9.97 Å². The average molecular weight is 216 g/mol. The number of Topliss-reactive ketones (excluding diaryl/α,β-unsaturated/α-hetero) is 1. The summed E-state index contributed by atoms with van der Waals surface area (Å²) < 4.78 is 13.2. The Hall–Kier alpha value is -2.10. The summed E-state index contributed by atoms with van der Waals surface area (Å²) in [5.74, 6) is -0.669. The van der Waals surface area contributed by atoms with Gasteiger partial charge in [0.15, 0.2) is 5.78 Å². The maximum absolute atomic E-state index is 13.2. The van der Waals surface area contributed by atoms with Crippen molar-refractivity contribution in [1.29, 1.82) is 0 Å². The fraction of sp³-hybridized carbons (Fsp3) is 0.0833. The Balaban J connectivity index is 2.18. The number of pyridine rings is 2. The van der Waals surface area contributed by atoms with Gasteiger partial charge < -0.3 is 0 Å². The summed E-state index contributed by atoms with van der Waals surface area (Å²) >= 11 is 0. The predicted octanol–water partition coefficient (Wildman–Crippen LogP) is 2.04. The second-order valence-corrected chi connectivity index (χ2v) is 3.28. The molecule has 0 aliphatic rings. The van der Waals surface area contributed by atoms with Crippen LogP contribution >= 0.6 is 0 Å². The molecule has 16 heavy (non-hydrogen) atoms. The van der Waals surface area contributed by atoms with E-state index in [0.717, 1.165) is 6.20 Å². The van der Waals surface area contributed by atoms with Crippen LogP contribution in [0, 0.1) is 5.82 Å². The molecule has 0 amide bonds. The second-order valence-electron chi connectivity index (χ2n) is 3.28. The van der Waals surface area contributed by atoms with Gasteiger partial charge in [-0.3, -0.25) is 14.8 Å². The summed E-state index contributed by atoms with van der Waals surface area (Å²) in [6.07, 6.45) is 4.10. The lowest BCUT2D eigenvalue weighted by atomic mass is 10.1. The van der Waals surface area contributed by atoms with Crippen LogP contribution in [0.25, 0.3) is 0 Å². The molecule has 0 bridgehead atoms. The van der Waals surface area contributed by atoms with Crippen LogP contribution in [0.3, 0.4) is 0 Å². The van der Waals surface area contributed by atoms with Crippen molar-refractivity contribution in [2.45, 2.75) is 6.42 Å². The van der Waals surface area contributed by atoms with E-state index in [1.807, 2.05) is 0 Å². The smallest absolute Gasteiger partial charge is 0.185 e. The first kappa shape index (κ1) is 10.4. The number of carbonyl (C=O) groups excluding carboxylic acids is 1. The molecular weight excluding hydrogens is 207 g/mol. The normalized spacial score (nSPS) is 10.1. The molecule has 0 atom stereocenters. The quantitative estimate of drug-likeness (QED) is 0.737. The Morgan fingerprint density at radius 2 is 2.12 bits per heavy atom. The molecule has 2 aromatic heterocycles. The zero-order valence-corrected chi connectivity index (χ0v) is 8.43. The van der Waals surface area contributed by atoms with Crippen LogP contribution in [0.2, 0.25) is 0 Å². The van der Waals surface area contributed by atoms with Gasteiger partial charge in [-0.15, -0.1) is 0 Å². The van der Waals surface area contributed by atoms with Gasteiger partial charge in [0, 0.05) is 18.8 Å². The van der Waals surface area contributed by atoms with E-state index >= 15 is 0 Å². The van der Waals surface area contributed by atoms with Crippen LogP contribution in [-0.4, -0.2) is 15.8 Å². The lowest BCUT2D eigenvalue weighted by molar-refractivity contribution is 0.0987. The molecule has 2 heterocycles. The summed E-state index contributed by atoms with van der Waals surface area (Å²) in [5.41, 5.74) is 0.685. The fourth-order valence-corrected chi connectivity index (χ4v) is 1.34. The Bertz CT molecular complexity index is 499. The number of ketones is 1. The molecule has 0 aromatic carbocycles. The first-order valence-electron chi connectivity index (χ1n) is 4.80. The Morgan fingerprint density at radius 3 is 2.81 bits per heavy atom. The predicted molar refractivity (Wildman–Crippen MR) is 56.5 cm³/mol. The third-order valence-corrected chi connectivity index (χ3v) is 2.16. The number of aromatic nitrogens is 2. The first-order chi connectivity index (χ1) is 7.77. The summed E-state index contributed by atoms with van der Waals surface area (Å²) in [5, 5.41) is 0. The lowest BCUT2D eigenvalue weighted by Crippen LogP contribution is -2.07. The van der Waals surface area contributed by atoms with Gasteiger partial charge in [-0.25, -0.2) is 4.39 Å². The Morgan fingerprint density at radius 1 is 1.25 bits per heavy atom. The highest BCUT2D eigenvalue weighted by atomic mass is 19.1. The zero-order chi connectivity index (χ0) is 11.4. The molecule has 2 aromatic rings. The molecule has 2 rings (SSSR count). The van der Waals surface area contributed by atoms with E-state index in [1.54, 1.807) is 18.2 Å². The van der Waals surface area contributed by atoms with Crippen molar-refractivity contribution in [3.63, 3.8) is 0 Å². The molecule has 4 heteroatoms. The van der Waals surface area contributed by atoms with Crippen LogP contribution < -0.4 is 0 Å². The van der Waals surface area contributed by atoms with E-state index < -0.39 is 5.82 Å². The van der Waals surface area contributed by atoms with E-state index in [-0.39, 0.29) is 12.2 Å². The van der Waals surface area contributed by atoms with Gasteiger partial charge in [0.25, 0.3) is 0 Å². The molecule has 0 unspecified atom stereocenters. The highest BCUT2D eigenvalue weighted by molar-refractivity contribution is 5.95. The zero-order valence-electron chi connectivity index (χ0n) is 8.43. The van der Waals surface area contributed by atoms with Gasteiger partial charge in [0.05, 0.1) is 6.20 Å². The van der Waals surface area contributed by atoms with Crippen molar-refractivity contribution in [3.05, 3.63) is 59.9 Å². The van der Waals surface area contributed by atoms with E-state index in [0.29, 0.717) is 11.3 Å². The van der Waals surface area contributed by atoms with Crippen LogP contribution in [0.5, 0.6) is 0 Å². The van der Waals surface area contributed by atoms with Crippen LogP contribution in [0.1, 0.15) is 16.1 Å². The molecule has 0 radical (unpaired) electrons. The summed E-state index contributed by atoms with van der Waals surface area (Å²) in [6, 6.07) is 6.56. The van der Waals surface area contributed by atoms with Gasteiger partial charge in [0.1, 0.15) is 11.5 Å². The topological polar surface area (TPSA) is 42.9 Å². The molecule has 3 nitrogen and oxygen atoms in total. The van der Waals surface area contributed by atoms with Crippen molar-refractivity contribution >= 4 is 5.78 Å². The van der Waals surface area contributed by atoms with Crippen molar-refractivity contribution < 1.29 is 9.18 Å². The molecule has 80 valence electrons. The monoisotopic (exact) mass is 216 g/mol. The largest absolute Gasteiger partial charge is 0.292 e. The standard InChI is InChI=1S/C12H9FN2O/c13-10-8-14-6-4-9(10)7-12(16)11-3-1-2-5-15-11/h1-6,8H,7H2. The number of nitrogens with zero attached hydrogens (tertiary/aromatic N) is 2. The lowest BCUT2D eigenvalue weighted by Gasteiger charge is -2.01.